The van der Waals surface area contributed by atoms with Crippen molar-refractivity contribution >= 4 is 5.91 Å². The molecule has 1 saturated carbocycles. The predicted octanol–water partition coefficient (Wildman–Crippen LogP) is 1.31. The van der Waals surface area contributed by atoms with E-state index in [1.54, 1.807) is 0 Å². The van der Waals surface area contributed by atoms with Gasteiger partial charge in [0.1, 0.15) is 0 Å². The fourth-order valence-corrected chi connectivity index (χ4v) is 1.90. The van der Waals surface area contributed by atoms with Crippen LogP contribution in [0.1, 0.15) is 39.0 Å². The van der Waals surface area contributed by atoms with Crippen molar-refractivity contribution in [1.82, 2.24) is 5.32 Å². The van der Waals surface area contributed by atoms with Crippen molar-refractivity contribution in [1.29, 1.82) is 0 Å². The lowest BCUT2D eigenvalue weighted by molar-refractivity contribution is -0.122. The molecule has 1 unspecified atom stereocenters. The van der Waals surface area contributed by atoms with Crippen molar-refractivity contribution in [2.75, 3.05) is 13.2 Å². The van der Waals surface area contributed by atoms with Gasteiger partial charge in [0.25, 0.3) is 0 Å². The third kappa shape index (κ3) is 4.09. The Bertz CT molecular complexity index is 176. The Morgan fingerprint density at radius 1 is 1.50 bits per heavy atom. The highest BCUT2D eigenvalue weighted by atomic mass is 16.3. The summed E-state index contributed by atoms with van der Waals surface area (Å²) in [6.07, 6.45) is 5.67. The number of amides is 1. The summed E-state index contributed by atoms with van der Waals surface area (Å²) in [7, 11) is 0. The van der Waals surface area contributed by atoms with E-state index in [0.29, 0.717) is 18.9 Å². The molecule has 0 bridgehead atoms. The van der Waals surface area contributed by atoms with Crippen molar-refractivity contribution in [3.8, 4) is 0 Å². The van der Waals surface area contributed by atoms with Gasteiger partial charge >= 0.3 is 0 Å². The van der Waals surface area contributed by atoms with Crippen LogP contribution in [-0.2, 0) is 4.79 Å². The summed E-state index contributed by atoms with van der Waals surface area (Å²) in [5.74, 6) is 0.930. The molecule has 1 amide bonds. The minimum absolute atomic E-state index is 0.143. The number of aliphatic hydroxyl groups excluding tert-OH is 1. The quantitative estimate of drug-likeness (QED) is 0.701. The van der Waals surface area contributed by atoms with E-state index in [1.807, 2.05) is 6.92 Å². The van der Waals surface area contributed by atoms with Crippen LogP contribution in [-0.4, -0.2) is 24.2 Å². The molecular formula is C11H21NO2. The van der Waals surface area contributed by atoms with Crippen molar-refractivity contribution in [3.05, 3.63) is 0 Å². The van der Waals surface area contributed by atoms with Gasteiger partial charge in [-0.3, -0.25) is 4.79 Å². The monoisotopic (exact) mass is 199 g/mol. The molecule has 0 aromatic rings. The van der Waals surface area contributed by atoms with Crippen molar-refractivity contribution in [3.63, 3.8) is 0 Å². The molecule has 1 fully saturated rings. The van der Waals surface area contributed by atoms with Gasteiger partial charge in [0, 0.05) is 19.6 Å². The minimum atomic E-state index is 0.143. The summed E-state index contributed by atoms with van der Waals surface area (Å²) in [6, 6.07) is 0. The summed E-state index contributed by atoms with van der Waals surface area (Å²) in [6.45, 7) is 2.67. The van der Waals surface area contributed by atoms with E-state index < -0.39 is 0 Å². The summed E-state index contributed by atoms with van der Waals surface area (Å²) in [4.78, 5) is 11.4. The largest absolute Gasteiger partial charge is 0.396 e. The number of rotatable bonds is 5. The third-order valence-corrected chi connectivity index (χ3v) is 2.91. The molecule has 2 N–H and O–H groups in total. The molecule has 0 aliphatic heterocycles. The van der Waals surface area contributed by atoms with E-state index in [4.69, 9.17) is 5.11 Å². The first-order chi connectivity index (χ1) is 6.72. The second-order valence-corrected chi connectivity index (χ2v) is 4.45. The second-order valence-electron chi connectivity index (χ2n) is 4.45. The van der Waals surface area contributed by atoms with Gasteiger partial charge in [-0.15, -0.1) is 0 Å². The van der Waals surface area contributed by atoms with Gasteiger partial charge in [0.05, 0.1) is 0 Å². The Morgan fingerprint density at radius 3 is 2.71 bits per heavy atom. The second kappa shape index (κ2) is 6.02. The summed E-state index contributed by atoms with van der Waals surface area (Å²) >= 11 is 0. The van der Waals surface area contributed by atoms with Crippen LogP contribution in [0.25, 0.3) is 0 Å². The molecule has 0 saturated heterocycles. The van der Waals surface area contributed by atoms with Crippen LogP contribution >= 0.6 is 0 Å². The summed E-state index contributed by atoms with van der Waals surface area (Å²) in [5, 5.41) is 11.6. The lowest BCUT2D eigenvalue weighted by Crippen LogP contribution is -2.30. The summed E-state index contributed by atoms with van der Waals surface area (Å²) in [5.41, 5.74) is 0. The first-order valence-corrected chi connectivity index (χ1v) is 5.60. The Labute approximate surface area is 85.9 Å². The van der Waals surface area contributed by atoms with E-state index in [0.717, 1.165) is 0 Å². The third-order valence-electron chi connectivity index (χ3n) is 2.91. The highest BCUT2D eigenvalue weighted by molar-refractivity contribution is 5.76. The maximum atomic E-state index is 11.4. The molecule has 3 nitrogen and oxygen atoms in total. The van der Waals surface area contributed by atoms with Crippen molar-refractivity contribution in [2.24, 2.45) is 11.8 Å². The van der Waals surface area contributed by atoms with Gasteiger partial charge in [-0.05, 0) is 24.7 Å². The number of hydrogen-bond acceptors (Lipinski definition) is 2. The first kappa shape index (κ1) is 11.5. The Hall–Kier alpha value is -0.570. The van der Waals surface area contributed by atoms with E-state index in [2.05, 4.69) is 5.32 Å². The van der Waals surface area contributed by atoms with Gasteiger partial charge in [0.15, 0.2) is 0 Å². The summed E-state index contributed by atoms with van der Waals surface area (Å²) < 4.78 is 0. The molecule has 1 atom stereocenters. The van der Waals surface area contributed by atoms with E-state index in [9.17, 15) is 4.79 Å². The first-order valence-electron chi connectivity index (χ1n) is 5.60. The highest BCUT2D eigenvalue weighted by Crippen LogP contribution is 2.27. The molecule has 0 heterocycles. The molecule has 1 aliphatic carbocycles. The lowest BCUT2D eigenvalue weighted by atomic mass is 10.0. The molecule has 0 radical (unpaired) electrons. The Kier molecular flexibility index (Phi) is 4.94. The van der Waals surface area contributed by atoms with Gasteiger partial charge in [-0.1, -0.05) is 19.8 Å². The van der Waals surface area contributed by atoms with Crippen molar-refractivity contribution < 1.29 is 9.90 Å². The fourth-order valence-electron chi connectivity index (χ4n) is 1.90. The van der Waals surface area contributed by atoms with Crippen molar-refractivity contribution in [2.45, 2.75) is 39.0 Å². The predicted molar refractivity (Wildman–Crippen MR) is 55.8 cm³/mol. The molecule has 0 aromatic carbocycles. The van der Waals surface area contributed by atoms with Crippen LogP contribution in [0.2, 0.25) is 0 Å². The van der Waals surface area contributed by atoms with Crippen LogP contribution in [0.5, 0.6) is 0 Å². The van der Waals surface area contributed by atoms with Gasteiger partial charge in [-0.25, -0.2) is 0 Å². The fraction of sp³-hybridized carbons (Fsp3) is 0.909. The van der Waals surface area contributed by atoms with Crippen LogP contribution in [0, 0.1) is 11.8 Å². The maximum Gasteiger partial charge on any atom is 0.220 e. The van der Waals surface area contributed by atoms with Gasteiger partial charge in [-0.2, -0.15) is 0 Å². The number of aliphatic hydroxyl groups is 1. The Morgan fingerprint density at radius 2 is 2.14 bits per heavy atom. The number of nitrogens with one attached hydrogen (secondary N) is 1. The highest BCUT2D eigenvalue weighted by Gasteiger charge is 2.18. The zero-order valence-corrected chi connectivity index (χ0v) is 8.96. The average molecular weight is 199 g/mol. The maximum absolute atomic E-state index is 11.4. The zero-order chi connectivity index (χ0) is 10.4. The van der Waals surface area contributed by atoms with E-state index in [-0.39, 0.29) is 18.4 Å². The zero-order valence-electron chi connectivity index (χ0n) is 8.96. The molecule has 3 heteroatoms. The average Bonchev–Trinajstić information content (AvgIpc) is 2.66. The molecular weight excluding hydrogens is 178 g/mol. The molecule has 0 spiro atoms. The molecule has 82 valence electrons. The molecule has 1 rings (SSSR count). The van der Waals surface area contributed by atoms with Crippen LogP contribution < -0.4 is 5.32 Å². The van der Waals surface area contributed by atoms with E-state index in [1.165, 1.54) is 25.7 Å². The number of hydrogen-bond donors (Lipinski definition) is 2. The standard InChI is InChI=1S/C11H21NO2/c1-9(8-13)7-12-11(14)6-10-4-2-3-5-10/h9-10,13H,2-8H2,1H3,(H,12,14). The van der Waals surface area contributed by atoms with E-state index >= 15 is 0 Å². The molecule has 14 heavy (non-hydrogen) atoms. The lowest BCUT2D eigenvalue weighted by Gasteiger charge is -2.12. The van der Waals surface area contributed by atoms with Crippen LogP contribution in [0.15, 0.2) is 0 Å². The Balaban J connectivity index is 2.09. The van der Waals surface area contributed by atoms with Crippen LogP contribution in [0.4, 0.5) is 0 Å². The van der Waals surface area contributed by atoms with Gasteiger partial charge < -0.3 is 10.4 Å². The number of carbonyl (C=O) groups is 1. The van der Waals surface area contributed by atoms with Crippen LogP contribution in [0.3, 0.4) is 0 Å². The minimum Gasteiger partial charge on any atom is -0.396 e. The topological polar surface area (TPSA) is 49.3 Å². The molecule has 0 aromatic heterocycles. The smallest absolute Gasteiger partial charge is 0.220 e. The number of carbonyl (C=O) groups excluding carboxylic acids is 1. The normalized spacial score (nSPS) is 19.6. The molecule has 1 aliphatic rings. The van der Waals surface area contributed by atoms with Gasteiger partial charge in [0.2, 0.25) is 5.91 Å². The SMILES string of the molecule is CC(CO)CNC(=O)CC1CCCC1.